The van der Waals surface area contributed by atoms with E-state index in [0.717, 1.165) is 5.56 Å². The van der Waals surface area contributed by atoms with Crippen molar-refractivity contribution in [3.05, 3.63) is 52.3 Å². The minimum absolute atomic E-state index is 0.0812. The maximum absolute atomic E-state index is 10.8. The number of non-ortho nitro benzene ring substituents is 1. The van der Waals surface area contributed by atoms with Gasteiger partial charge in [-0.1, -0.05) is 0 Å². The lowest BCUT2D eigenvalue weighted by Crippen LogP contribution is -1.94. The molecule has 2 aromatic rings. The fourth-order valence-electron chi connectivity index (χ4n) is 1.58. The van der Waals surface area contributed by atoms with E-state index in [1.54, 1.807) is 12.3 Å². The van der Waals surface area contributed by atoms with Crippen molar-refractivity contribution in [2.45, 2.75) is 5.88 Å². The van der Waals surface area contributed by atoms with E-state index >= 15 is 0 Å². The molecule has 0 bridgehead atoms. The zero-order valence-electron chi connectivity index (χ0n) is 10.6. The van der Waals surface area contributed by atoms with Crippen molar-refractivity contribution in [3.8, 4) is 17.2 Å². The molecule has 1 aromatic heterocycles. The first-order valence-electron chi connectivity index (χ1n) is 5.64. The predicted molar refractivity (Wildman–Crippen MR) is 73.5 cm³/mol. The number of methoxy groups -OCH3 is 1. The van der Waals surface area contributed by atoms with E-state index in [-0.39, 0.29) is 11.4 Å². The van der Waals surface area contributed by atoms with E-state index in [2.05, 4.69) is 4.98 Å². The van der Waals surface area contributed by atoms with Crippen LogP contribution < -0.4 is 9.47 Å². The summed E-state index contributed by atoms with van der Waals surface area (Å²) in [7, 11) is 1.46. The highest BCUT2D eigenvalue weighted by Gasteiger charge is 2.13. The Kier molecular flexibility index (Phi) is 4.37. The minimum Gasteiger partial charge on any atom is -0.493 e. The number of ether oxygens (including phenoxy) is 2. The van der Waals surface area contributed by atoms with Gasteiger partial charge in [-0.3, -0.25) is 15.1 Å². The monoisotopic (exact) mass is 294 g/mol. The van der Waals surface area contributed by atoms with Gasteiger partial charge >= 0.3 is 0 Å². The summed E-state index contributed by atoms with van der Waals surface area (Å²) in [6, 6.07) is 5.83. The second-order valence-electron chi connectivity index (χ2n) is 3.86. The van der Waals surface area contributed by atoms with E-state index in [1.165, 1.54) is 31.5 Å². The van der Waals surface area contributed by atoms with Gasteiger partial charge in [0.15, 0.2) is 11.5 Å². The smallest absolute Gasteiger partial charge is 0.273 e. The standard InChI is InChI=1S/C13H11ClN2O4/c1-19-12-3-2-10(16(17)18)5-13(12)20-11-4-9(6-14)7-15-8-11/h2-5,7-8H,6H2,1H3. The van der Waals surface area contributed by atoms with E-state index in [0.29, 0.717) is 17.4 Å². The van der Waals surface area contributed by atoms with Crippen LogP contribution in [0.25, 0.3) is 0 Å². The first-order chi connectivity index (χ1) is 9.63. The molecular weight excluding hydrogens is 284 g/mol. The number of alkyl halides is 1. The molecule has 0 fully saturated rings. The van der Waals surface area contributed by atoms with Gasteiger partial charge in [-0.25, -0.2) is 0 Å². The Balaban J connectivity index is 2.35. The summed E-state index contributed by atoms with van der Waals surface area (Å²) in [5.41, 5.74) is 0.704. The van der Waals surface area contributed by atoms with Crippen LogP contribution in [0, 0.1) is 10.1 Å². The van der Waals surface area contributed by atoms with Crippen LogP contribution in [0.5, 0.6) is 17.2 Å². The van der Waals surface area contributed by atoms with Gasteiger partial charge in [0.2, 0.25) is 0 Å². The van der Waals surface area contributed by atoms with Crippen molar-refractivity contribution >= 4 is 17.3 Å². The summed E-state index contributed by atoms with van der Waals surface area (Å²) < 4.78 is 10.7. The molecule has 0 aliphatic heterocycles. The van der Waals surface area contributed by atoms with Crippen LogP contribution in [0.4, 0.5) is 5.69 Å². The second-order valence-corrected chi connectivity index (χ2v) is 4.12. The third-order valence-electron chi connectivity index (χ3n) is 2.51. The zero-order chi connectivity index (χ0) is 14.5. The number of hydrogen-bond donors (Lipinski definition) is 0. The van der Waals surface area contributed by atoms with E-state index < -0.39 is 4.92 Å². The molecular formula is C13H11ClN2O4. The van der Waals surface area contributed by atoms with Gasteiger partial charge in [-0.2, -0.15) is 0 Å². The summed E-state index contributed by atoms with van der Waals surface area (Å²) >= 11 is 5.72. The van der Waals surface area contributed by atoms with Crippen LogP contribution in [0.3, 0.4) is 0 Å². The molecule has 0 spiro atoms. The highest BCUT2D eigenvalue weighted by molar-refractivity contribution is 6.17. The summed E-state index contributed by atoms with van der Waals surface area (Å²) in [6.45, 7) is 0. The molecule has 0 atom stereocenters. The number of nitro benzene ring substituents is 1. The number of rotatable bonds is 5. The lowest BCUT2D eigenvalue weighted by atomic mass is 10.2. The summed E-state index contributed by atoms with van der Waals surface area (Å²) in [4.78, 5) is 14.3. The Morgan fingerprint density at radius 2 is 2.10 bits per heavy atom. The maximum atomic E-state index is 10.8. The summed E-state index contributed by atoms with van der Waals surface area (Å²) in [5, 5.41) is 10.8. The Bertz CT molecular complexity index is 634. The third kappa shape index (κ3) is 3.16. The van der Waals surface area contributed by atoms with Crippen molar-refractivity contribution in [2.75, 3.05) is 7.11 Å². The van der Waals surface area contributed by atoms with Crippen molar-refractivity contribution < 1.29 is 14.4 Å². The van der Waals surface area contributed by atoms with Gasteiger partial charge in [-0.05, 0) is 17.7 Å². The average Bonchev–Trinajstić information content (AvgIpc) is 2.47. The molecule has 2 rings (SSSR count). The van der Waals surface area contributed by atoms with Gasteiger partial charge in [-0.15, -0.1) is 11.6 Å². The van der Waals surface area contributed by atoms with Crippen LogP contribution in [-0.4, -0.2) is 17.0 Å². The molecule has 0 saturated carbocycles. The molecule has 0 N–H and O–H groups in total. The summed E-state index contributed by atoms with van der Waals surface area (Å²) in [5.74, 6) is 1.38. The van der Waals surface area contributed by atoms with Crippen LogP contribution in [-0.2, 0) is 5.88 Å². The normalized spacial score (nSPS) is 10.1. The molecule has 0 aliphatic carbocycles. The van der Waals surface area contributed by atoms with Crippen LogP contribution >= 0.6 is 11.6 Å². The van der Waals surface area contributed by atoms with Crippen LogP contribution in [0.15, 0.2) is 36.7 Å². The molecule has 0 aliphatic rings. The largest absolute Gasteiger partial charge is 0.493 e. The number of nitro groups is 1. The molecule has 1 aromatic carbocycles. The first-order valence-corrected chi connectivity index (χ1v) is 6.17. The van der Waals surface area contributed by atoms with Crippen LogP contribution in [0.1, 0.15) is 5.56 Å². The van der Waals surface area contributed by atoms with Crippen molar-refractivity contribution in [3.63, 3.8) is 0 Å². The van der Waals surface area contributed by atoms with Gasteiger partial charge in [0.25, 0.3) is 5.69 Å². The fourth-order valence-corrected chi connectivity index (χ4v) is 1.72. The van der Waals surface area contributed by atoms with E-state index in [1.807, 2.05) is 0 Å². The average molecular weight is 295 g/mol. The highest BCUT2D eigenvalue weighted by atomic mass is 35.5. The number of benzene rings is 1. The Morgan fingerprint density at radius 3 is 2.75 bits per heavy atom. The molecule has 0 radical (unpaired) electrons. The van der Waals surface area contributed by atoms with Gasteiger partial charge in [0, 0.05) is 18.1 Å². The van der Waals surface area contributed by atoms with Crippen molar-refractivity contribution in [1.29, 1.82) is 0 Å². The molecule has 104 valence electrons. The zero-order valence-corrected chi connectivity index (χ0v) is 11.3. The number of pyridine rings is 1. The Labute approximate surface area is 120 Å². The lowest BCUT2D eigenvalue weighted by Gasteiger charge is -2.10. The number of halogens is 1. The molecule has 20 heavy (non-hydrogen) atoms. The van der Waals surface area contributed by atoms with Crippen LogP contribution in [0.2, 0.25) is 0 Å². The van der Waals surface area contributed by atoms with E-state index in [4.69, 9.17) is 21.1 Å². The molecule has 0 amide bonds. The number of nitrogens with zero attached hydrogens (tertiary/aromatic N) is 2. The first kappa shape index (κ1) is 14.1. The highest BCUT2D eigenvalue weighted by Crippen LogP contribution is 2.34. The number of aromatic nitrogens is 1. The molecule has 0 unspecified atom stereocenters. The fraction of sp³-hybridized carbons (Fsp3) is 0.154. The minimum atomic E-state index is -0.500. The summed E-state index contributed by atoms with van der Waals surface area (Å²) in [6.07, 6.45) is 3.11. The van der Waals surface area contributed by atoms with Crippen molar-refractivity contribution in [1.82, 2.24) is 4.98 Å². The van der Waals surface area contributed by atoms with Gasteiger partial charge in [0.05, 0.1) is 24.3 Å². The van der Waals surface area contributed by atoms with Gasteiger partial charge in [0.1, 0.15) is 5.75 Å². The molecule has 6 nitrogen and oxygen atoms in total. The quantitative estimate of drug-likeness (QED) is 0.479. The van der Waals surface area contributed by atoms with E-state index in [9.17, 15) is 10.1 Å². The second kappa shape index (κ2) is 6.21. The lowest BCUT2D eigenvalue weighted by molar-refractivity contribution is -0.384. The Hall–Kier alpha value is -2.34. The number of hydrogen-bond acceptors (Lipinski definition) is 5. The predicted octanol–water partition coefficient (Wildman–Crippen LogP) is 3.53. The molecule has 1 heterocycles. The molecule has 7 heteroatoms. The van der Waals surface area contributed by atoms with Gasteiger partial charge < -0.3 is 9.47 Å². The third-order valence-corrected chi connectivity index (χ3v) is 2.82. The van der Waals surface area contributed by atoms with Crippen molar-refractivity contribution in [2.24, 2.45) is 0 Å². The Morgan fingerprint density at radius 1 is 1.30 bits per heavy atom. The SMILES string of the molecule is COc1ccc([N+](=O)[O-])cc1Oc1cncc(CCl)c1. The topological polar surface area (TPSA) is 74.5 Å². The molecule has 0 saturated heterocycles. The maximum Gasteiger partial charge on any atom is 0.273 e.